The van der Waals surface area contributed by atoms with E-state index in [0.717, 1.165) is 6.42 Å². The smallest absolute Gasteiger partial charge is 0.244 e. The first-order chi connectivity index (χ1) is 4.12. The molecule has 2 nitrogen and oxygen atoms in total. The van der Waals surface area contributed by atoms with Gasteiger partial charge in [0.15, 0.2) is 0 Å². The van der Waals surface area contributed by atoms with Gasteiger partial charge in [-0.2, -0.15) is 0 Å². The predicted octanol–water partition coefficient (Wildman–Crippen LogP) is 1.99. The van der Waals surface area contributed by atoms with Crippen molar-refractivity contribution in [3.63, 3.8) is 0 Å². The minimum Gasteiger partial charge on any atom is -0.337 e. The van der Waals surface area contributed by atoms with Gasteiger partial charge < -0.3 is 9.42 Å². The van der Waals surface area contributed by atoms with Gasteiger partial charge in [-0.15, -0.1) is 0 Å². The van der Waals surface area contributed by atoms with Crippen molar-refractivity contribution in [2.24, 2.45) is 0 Å². The van der Waals surface area contributed by atoms with Gasteiger partial charge in [-0.05, 0) is 24.5 Å². The second-order valence-electron chi connectivity index (χ2n) is 1.48. The van der Waals surface area contributed by atoms with Crippen LogP contribution in [0.1, 0.15) is 13.3 Å². The lowest BCUT2D eigenvalue weighted by atomic mass is 10.5. The summed E-state index contributed by atoms with van der Waals surface area (Å²) >= 11 is 5.94. The predicted molar refractivity (Wildman–Crippen MR) is 46.3 cm³/mol. The maximum Gasteiger partial charge on any atom is 0.244 e. The summed E-state index contributed by atoms with van der Waals surface area (Å²) in [6, 6.07) is 0. The maximum atomic E-state index is 9.12. The van der Waals surface area contributed by atoms with Crippen molar-refractivity contribution in [2.45, 2.75) is 13.3 Å². The molecule has 0 radical (unpaired) electrons. The summed E-state index contributed by atoms with van der Waals surface area (Å²) in [6.07, 6.45) is 2.66. The van der Waals surface area contributed by atoms with Gasteiger partial charge in [0.1, 0.15) is 0 Å². The molecule has 0 aromatic heterocycles. The second kappa shape index (κ2) is 4.69. The van der Waals surface area contributed by atoms with Gasteiger partial charge in [-0.25, -0.2) is 0 Å². The largest absolute Gasteiger partial charge is 0.337 e. The topological polar surface area (TPSA) is 29.5 Å². The number of rotatable bonds is 4. The van der Waals surface area contributed by atoms with E-state index in [2.05, 4.69) is 0 Å². The van der Waals surface area contributed by atoms with Gasteiger partial charge in [-0.1, -0.05) is 18.3 Å². The standard InChI is InChI=1S/C4H11O2PS2/c1-3-4-6-7(5,8)9-2/h3-4H2,1-2H3,(H,5,8). The highest BCUT2D eigenvalue weighted by Crippen LogP contribution is 2.54. The average molecular weight is 186 g/mol. The molecule has 0 bridgehead atoms. The van der Waals surface area contributed by atoms with Crippen molar-refractivity contribution < 1.29 is 9.42 Å². The summed E-state index contributed by atoms with van der Waals surface area (Å²) in [4.78, 5) is 9.12. The second-order valence-corrected chi connectivity index (χ2v) is 7.80. The van der Waals surface area contributed by atoms with E-state index in [1.807, 2.05) is 6.92 Å². The summed E-state index contributed by atoms with van der Waals surface area (Å²) in [5, 5.41) is 0. The lowest BCUT2D eigenvalue weighted by molar-refractivity contribution is 0.320. The van der Waals surface area contributed by atoms with Crippen LogP contribution in [0, 0.1) is 0 Å². The van der Waals surface area contributed by atoms with Gasteiger partial charge >= 0.3 is 0 Å². The van der Waals surface area contributed by atoms with Crippen LogP contribution in [0.25, 0.3) is 0 Å². The summed E-state index contributed by atoms with van der Waals surface area (Å²) in [5.74, 6) is 0. The zero-order chi connectivity index (χ0) is 7.33. The van der Waals surface area contributed by atoms with Crippen molar-refractivity contribution in [3.05, 3.63) is 0 Å². The van der Waals surface area contributed by atoms with Crippen molar-refractivity contribution in [2.75, 3.05) is 12.9 Å². The Morgan fingerprint density at radius 1 is 1.78 bits per heavy atom. The lowest BCUT2D eigenvalue weighted by Crippen LogP contribution is -1.86. The van der Waals surface area contributed by atoms with Crippen LogP contribution in [0.15, 0.2) is 0 Å². The molecule has 0 heterocycles. The summed E-state index contributed by atoms with van der Waals surface area (Å²) in [5.41, 5.74) is -2.44. The van der Waals surface area contributed by atoms with Crippen LogP contribution in [0.3, 0.4) is 0 Å². The molecule has 0 aromatic carbocycles. The van der Waals surface area contributed by atoms with Crippen LogP contribution in [0.4, 0.5) is 0 Å². The molecule has 56 valence electrons. The molecule has 0 aliphatic carbocycles. The lowest BCUT2D eigenvalue weighted by Gasteiger charge is -2.10. The normalized spacial score (nSPS) is 17.2. The summed E-state index contributed by atoms with van der Waals surface area (Å²) in [6.45, 7) is 2.55. The molecule has 0 saturated heterocycles. The molecule has 1 N–H and O–H groups in total. The summed E-state index contributed by atoms with van der Waals surface area (Å²) in [7, 11) is 0. The van der Waals surface area contributed by atoms with Gasteiger partial charge in [0.2, 0.25) is 5.69 Å². The molecule has 0 saturated carbocycles. The van der Waals surface area contributed by atoms with Gasteiger partial charge in [0.25, 0.3) is 0 Å². The minimum absolute atomic E-state index is 0.564. The Kier molecular flexibility index (Phi) is 5.17. The molecule has 9 heavy (non-hydrogen) atoms. The molecular formula is C4H11O2PS2. The molecule has 0 rings (SSSR count). The highest BCUT2D eigenvalue weighted by Gasteiger charge is 2.08. The van der Waals surface area contributed by atoms with Crippen molar-refractivity contribution >= 4 is 28.9 Å². The molecule has 5 heteroatoms. The van der Waals surface area contributed by atoms with Gasteiger partial charge in [-0.3, -0.25) is 0 Å². The van der Waals surface area contributed by atoms with E-state index >= 15 is 0 Å². The molecule has 0 aliphatic rings. The van der Waals surface area contributed by atoms with Crippen LogP contribution in [0.2, 0.25) is 0 Å². The maximum absolute atomic E-state index is 9.12. The Bertz CT molecular complexity index is 117. The molecule has 1 unspecified atom stereocenters. The van der Waals surface area contributed by atoms with Crippen LogP contribution < -0.4 is 0 Å². The Morgan fingerprint density at radius 3 is 2.67 bits per heavy atom. The first kappa shape index (κ1) is 9.92. The van der Waals surface area contributed by atoms with E-state index in [-0.39, 0.29) is 0 Å². The highest BCUT2D eigenvalue weighted by molar-refractivity contribution is 8.67. The van der Waals surface area contributed by atoms with Gasteiger partial charge in [0, 0.05) is 0 Å². The Labute approximate surface area is 64.9 Å². The fourth-order valence-electron chi connectivity index (χ4n) is 0.259. The van der Waals surface area contributed by atoms with E-state index in [1.165, 1.54) is 11.4 Å². The molecule has 0 spiro atoms. The third-order valence-electron chi connectivity index (χ3n) is 0.689. The Balaban J connectivity index is 3.46. The van der Waals surface area contributed by atoms with Gasteiger partial charge in [0.05, 0.1) is 6.61 Å². The minimum atomic E-state index is -2.44. The van der Waals surface area contributed by atoms with E-state index in [9.17, 15) is 0 Å². The Hall–Kier alpha value is 0.920. The SMILES string of the molecule is CCCOP(O)(=S)SC. The third kappa shape index (κ3) is 5.37. The van der Waals surface area contributed by atoms with E-state index < -0.39 is 5.69 Å². The fraction of sp³-hybridized carbons (Fsp3) is 1.00. The van der Waals surface area contributed by atoms with E-state index in [1.54, 1.807) is 6.26 Å². The average Bonchev–Trinajstić information content (AvgIpc) is 1.84. The summed E-state index contributed by atoms with van der Waals surface area (Å²) < 4.78 is 4.97. The molecule has 0 aromatic rings. The van der Waals surface area contributed by atoms with Crippen LogP contribution in [0.5, 0.6) is 0 Å². The van der Waals surface area contributed by atoms with Crippen LogP contribution >= 0.6 is 17.1 Å². The quantitative estimate of drug-likeness (QED) is 0.680. The third-order valence-corrected chi connectivity index (χ3v) is 5.02. The molecule has 0 aliphatic heterocycles. The number of hydrogen-bond donors (Lipinski definition) is 1. The van der Waals surface area contributed by atoms with E-state index in [4.69, 9.17) is 21.2 Å². The number of hydrogen-bond acceptors (Lipinski definition) is 3. The zero-order valence-corrected chi connectivity index (χ0v) is 8.06. The van der Waals surface area contributed by atoms with Crippen LogP contribution in [-0.4, -0.2) is 17.8 Å². The first-order valence-corrected chi connectivity index (χ1v) is 7.15. The molecule has 1 atom stereocenters. The van der Waals surface area contributed by atoms with Crippen molar-refractivity contribution in [1.82, 2.24) is 0 Å². The molecular weight excluding hydrogens is 175 g/mol. The van der Waals surface area contributed by atoms with Crippen LogP contribution in [-0.2, 0) is 16.3 Å². The first-order valence-electron chi connectivity index (χ1n) is 2.65. The van der Waals surface area contributed by atoms with Crippen molar-refractivity contribution in [3.8, 4) is 0 Å². The fourth-order valence-corrected chi connectivity index (χ4v) is 1.54. The molecule has 0 amide bonds. The van der Waals surface area contributed by atoms with Crippen molar-refractivity contribution in [1.29, 1.82) is 0 Å². The molecule has 0 fully saturated rings. The van der Waals surface area contributed by atoms with E-state index in [0.29, 0.717) is 6.61 Å². The highest BCUT2D eigenvalue weighted by atomic mass is 32.9. The monoisotopic (exact) mass is 186 g/mol. The zero-order valence-electron chi connectivity index (χ0n) is 5.53. The Morgan fingerprint density at radius 2 is 2.33 bits per heavy atom.